The second-order valence-electron chi connectivity index (χ2n) is 7.30. The first-order chi connectivity index (χ1) is 13.2. The van der Waals surface area contributed by atoms with Gasteiger partial charge in [0.2, 0.25) is 5.91 Å². The summed E-state index contributed by atoms with van der Waals surface area (Å²) < 4.78 is 19.2. The summed E-state index contributed by atoms with van der Waals surface area (Å²) >= 11 is 1.59. The summed E-state index contributed by atoms with van der Waals surface area (Å²) in [6.45, 7) is 1.88. The third-order valence-electron chi connectivity index (χ3n) is 5.53. The quantitative estimate of drug-likeness (QED) is 0.849. The maximum absolute atomic E-state index is 13.3. The Morgan fingerprint density at radius 3 is 2.85 bits per heavy atom. The van der Waals surface area contributed by atoms with Crippen molar-refractivity contribution in [3.63, 3.8) is 0 Å². The lowest BCUT2D eigenvalue weighted by molar-refractivity contribution is -0.129. The molecule has 1 aromatic carbocycles. The number of amides is 1. The molecular weight excluding hydrogens is 363 g/mol. The predicted octanol–water partition coefficient (Wildman–Crippen LogP) is 3.74. The van der Waals surface area contributed by atoms with Crippen LogP contribution >= 0.6 is 11.3 Å². The molecule has 27 heavy (non-hydrogen) atoms. The van der Waals surface area contributed by atoms with Gasteiger partial charge in [-0.15, -0.1) is 11.3 Å². The number of hydrogen-bond donors (Lipinski definition) is 1. The van der Waals surface area contributed by atoms with E-state index >= 15 is 0 Å². The molecule has 1 aromatic heterocycles. The van der Waals surface area contributed by atoms with Crippen LogP contribution in [0.4, 0.5) is 4.39 Å². The van der Waals surface area contributed by atoms with Gasteiger partial charge >= 0.3 is 0 Å². The molecule has 4 nitrogen and oxygen atoms in total. The molecule has 1 amide bonds. The zero-order chi connectivity index (χ0) is 18.6. The molecule has 2 aromatic rings. The second kappa shape index (κ2) is 8.50. The van der Waals surface area contributed by atoms with Gasteiger partial charge in [0, 0.05) is 17.5 Å². The van der Waals surface area contributed by atoms with Crippen LogP contribution in [0.2, 0.25) is 0 Å². The highest BCUT2D eigenvalue weighted by atomic mass is 32.1. The average molecular weight is 389 g/mol. The van der Waals surface area contributed by atoms with Gasteiger partial charge in [0.25, 0.3) is 0 Å². The van der Waals surface area contributed by atoms with Crippen molar-refractivity contribution in [3.05, 3.63) is 58.0 Å². The fourth-order valence-corrected chi connectivity index (χ4v) is 5.00. The third-order valence-corrected chi connectivity index (χ3v) is 6.47. The third kappa shape index (κ3) is 4.39. The number of hydrogen-bond acceptors (Lipinski definition) is 4. The number of carbonyl (C=O) groups is 1. The van der Waals surface area contributed by atoms with Crippen LogP contribution in [0.25, 0.3) is 0 Å². The Morgan fingerprint density at radius 2 is 2.07 bits per heavy atom. The molecule has 0 unspecified atom stereocenters. The van der Waals surface area contributed by atoms with E-state index in [-0.39, 0.29) is 23.9 Å². The van der Waals surface area contributed by atoms with Crippen molar-refractivity contribution in [3.8, 4) is 0 Å². The van der Waals surface area contributed by atoms with Crippen molar-refractivity contribution >= 4 is 17.2 Å². The van der Waals surface area contributed by atoms with E-state index in [4.69, 9.17) is 4.74 Å². The van der Waals surface area contributed by atoms with E-state index in [1.54, 1.807) is 23.5 Å². The van der Waals surface area contributed by atoms with Crippen molar-refractivity contribution < 1.29 is 13.9 Å². The maximum atomic E-state index is 13.3. The predicted molar refractivity (Wildman–Crippen MR) is 104 cm³/mol. The van der Waals surface area contributed by atoms with Crippen molar-refractivity contribution in [1.82, 2.24) is 10.2 Å². The molecule has 6 heteroatoms. The summed E-state index contributed by atoms with van der Waals surface area (Å²) in [5.74, 6) is -0.268. The van der Waals surface area contributed by atoms with E-state index in [9.17, 15) is 9.18 Å². The van der Waals surface area contributed by atoms with E-state index in [2.05, 4.69) is 10.2 Å². The highest BCUT2D eigenvalue weighted by Gasteiger charge is 2.35. The molecule has 3 atom stereocenters. The summed E-state index contributed by atoms with van der Waals surface area (Å²) in [6.07, 6.45) is 4.88. The molecule has 2 aliphatic rings. The number of rotatable bonds is 5. The summed E-state index contributed by atoms with van der Waals surface area (Å²) in [6, 6.07) is 10.4. The molecule has 2 fully saturated rings. The van der Waals surface area contributed by atoms with Crippen LogP contribution in [0.5, 0.6) is 0 Å². The van der Waals surface area contributed by atoms with Crippen molar-refractivity contribution in [2.24, 2.45) is 0 Å². The summed E-state index contributed by atoms with van der Waals surface area (Å²) in [5.41, 5.74) is 0.893. The topological polar surface area (TPSA) is 41.6 Å². The first-order valence-electron chi connectivity index (χ1n) is 9.64. The monoisotopic (exact) mass is 388 g/mol. The lowest BCUT2D eigenvalue weighted by Crippen LogP contribution is -2.55. The number of nitrogens with one attached hydrogen (secondary N) is 1. The van der Waals surface area contributed by atoms with Crippen LogP contribution in [0.15, 0.2) is 41.8 Å². The Morgan fingerprint density at radius 1 is 1.26 bits per heavy atom. The number of carbonyl (C=O) groups excluding carboxylic acids is 1. The van der Waals surface area contributed by atoms with E-state index < -0.39 is 0 Å². The number of morpholine rings is 1. The normalized spacial score (nSPS) is 24.2. The summed E-state index contributed by atoms with van der Waals surface area (Å²) in [5, 5.41) is 5.16. The fraction of sp³-hybridized carbons (Fsp3) is 0.476. The van der Waals surface area contributed by atoms with Gasteiger partial charge in [0.05, 0.1) is 25.3 Å². The van der Waals surface area contributed by atoms with Crippen LogP contribution in [0, 0.1) is 5.82 Å². The molecule has 0 bridgehead atoms. The average Bonchev–Trinajstić information content (AvgIpc) is 3.22. The van der Waals surface area contributed by atoms with E-state index in [1.165, 1.54) is 25.0 Å². The largest absolute Gasteiger partial charge is 0.375 e. The van der Waals surface area contributed by atoms with Gasteiger partial charge < -0.3 is 10.1 Å². The lowest BCUT2D eigenvalue weighted by Gasteiger charge is -2.43. The number of thiophene rings is 1. The van der Waals surface area contributed by atoms with E-state index in [1.807, 2.05) is 17.5 Å². The van der Waals surface area contributed by atoms with Crippen LogP contribution in [-0.4, -0.2) is 42.6 Å². The highest BCUT2D eigenvalue weighted by molar-refractivity contribution is 7.10. The van der Waals surface area contributed by atoms with Crippen LogP contribution in [-0.2, 0) is 9.53 Å². The minimum absolute atomic E-state index is 0.00366. The minimum atomic E-state index is -0.272. The van der Waals surface area contributed by atoms with Gasteiger partial charge in [0.1, 0.15) is 5.82 Å². The molecule has 2 heterocycles. The molecule has 4 rings (SSSR count). The Hall–Kier alpha value is -1.76. The maximum Gasteiger partial charge on any atom is 0.234 e. The van der Waals surface area contributed by atoms with Crippen LogP contribution in [0.1, 0.15) is 42.2 Å². The Balaban J connectivity index is 1.46. The molecule has 0 radical (unpaired) electrons. The van der Waals surface area contributed by atoms with Crippen LogP contribution < -0.4 is 5.32 Å². The minimum Gasteiger partial charge on any atom is -0.375 e. The molecule has 0 spiro atoms. The molecule has 144 valence electrons. The lowest BCUT2D eigenvalue weighted by atomic mass is 9.90. The molecule has 1 saturated carbocycles. The van der Waals surface area contributed by atoms with Crippen molar-refractivity contribution in [2.75, 3.05) is 19.7 Å². The SMILES string of the molecule is O=C(CN1CCO[C@@H]2CCCC[C@@H]21)N[C@@H](c1ccc(F)cc1)c1cccs1. The van der Waals surface area contributed by atoms with Crippen LogP contribution in [0.3, 0.4) is 0 Å². The number of halogens is 1. The Kier molecular flexibility index (Phi) is 5.86. The zero-order valence-corrected chi connectivity index (χ0v) is 16.1. The molecular formula is C21H25FN2O2S. The Labute approximate surface area is 163 Å². The van der Waals surface area contributed by atoms with Gasteiger partial charge in [-0.3, -0.25) is 9.69 Å². The number of nitrogens with zero attached hydrogens (tertiary/aromatic N) is 1. The highest BCUT2D eigenvalue weighted by Crippen LogP contribution is 2.29. The van der Waals surface area contributed by atoms with Crippen molar-refractivity contribution in [2.45, 2.75) is 43.9 Å². The molecule has 1 saturated heterocycles. The molecule has 1 aliphatic carbocycles. The number of benzene rings is 1. The number of ether oxygens (including phenoxy) is 1. The molecule has 1 N–H and O–H groups in total. The zero-order valence-electron chi connectivity index (χ0n) is 15.3. The second-order valence-corrected chi connectivity index (χ2v) is 8.28. The first-order valence-corrected chi connectivity index (χ1v) is 10.5. The molecule has 1 aliphatic heterocycles. The summed E-state index contributed by atoms with van der Waals surface area (Å²) in [7, 11) is 0. The van der Waals surface area contributed by atoms with Gasteiger partial charge in [-0.25, -0.2) is 4.39 Å². The first kappa shape index (κ1) is 18.6. The summed E-state index contributed by atoms with van der Waals surface area (Å²) in [4.78, 5) is 16.2. The van der Waals surface area contributed by atoms with Gasteiger partial charge in [-0.05, 0) is 42.0 Å². The van der Waals surface area contributed by atoms with Gasteiger partial charge in [-0.2, -0.15) is 0 Å². The van der Waals surface area contributed by atoms with Crippen molar-refractivity contribution in [1.29, 1.82) is 0 Å². The number of fused-ring (bicyclic) bond motifs is 1. The van der Waals surface area contributed by atoms with E-state index in [0.717, 1.165) is 29.8 Å². The Bertz CT molecular complexity index is 748. The van der Waals surface area contributed by atoms with E-state index in [0.29, 0.717) is 19.2 Å². The van der Waals surface area contributed by atoms with Gasteiger partial charge in [-0.1, -0.05) is 31.0 Å². The van der Waals surface area contributed by atoms with Gasteiger partial charge in [0.15, 0.2) is 0 Å². The standard InChI is InChI=1S/C21H25FN2O2S/c22-16-9-7-15(8-10-16)21(19-6-3-13-27-19)23-20(25)14-24-11-12-26-18-5-2-1-4-17(18)24/h3,6-10,13,17-18,21H,1-2,4-5,11-12,14H2,(H,23,25)/t17-,18+,21-/m0/s1. The fourth-order valence-electron chi connectivity index (χ4n) is 4.19. The smallest absolute Gasteiger partial charge is 0.234 e.